The van der Waals surface area contributed by atoms with Crippen LogP contribution in [0.2, 0.25) is 10.0 Å². The molecule has 0 spiro atoms. The smallest absolute Gasteiger partial charge is 0.239 e. The predicted molar refractivity (Wildman–Crippen MR) is 89.5 cm³/mol. The first kappa shape index (κ1) is 16.3. The van der Waals surface area contributed by atoms with Crippen molar-refractivity contribution in [3.63, 3.8) is 0 Å². The number of rotatable bonds is 4. The molecule has 0 atom stereocenters. The molecule has 0 saturated carbocycles. The van der Waals surface area contributed by atoms with Crippen molar-refractivity contribution in [2.24, 2.45) is 0 Å². The van der Waals surface area contributed by atoms with Crippen LogP contribution in [0.1, 0.15) is 0 Å². The van der Waals surface area contributed by atoms with E-state index in [1.165, 1.54) is 0 Å². The van der Waals surface area contributed by atoms with E-state index in [4.69, 9.17) is 27.9 Å². The van der Waals surface area contributed by atoms with Crippen molar-refractivity contribution in [3.05, 3.63) is 40.5 Å². The first-order valence-electron chi connectivity index (χ1n) is 7.23. The summed E-state index contributed by atoms with van der Waals surface area (Å²) in [5.41, 5.74) is 0.771. The van der Waals surface area contributed by atoms with Gasteiger partial charge in [0.1, 0.15) is 0 Å². The highest BCUT2D eigenvalue weighted by molar-refractivity contribution is 6.42. The monoisotopic (exact) mass is 354 g/mol. The number of ether oxygens (including phenoxy) is 1. The quantitative estimate of drug-likeness (QED) is 0.915. The zero-order valence-corrected chi connectivity index (χ0v) is 13.8. The van der Waals surface area contributed by atoms with Crippen molar-refractivity contribution in [2.45, 2.75) is 0 Å². The van der Waals surface area contributed by atoms with Gasteiger partial charge in [0.05, 0.1) is 35.5 Å². The second-order valence-corrected chi connectivity index (χ2v) is 6.00. The van der Waals surface area contributed by atoms with Crippen LogP contribution in [0.5, 0.6) is 0 Å². The molecule has 122 valence electrons. The minimum atomic E-state index is -0.0914. The van der Waals surface area contributed by atoms with Crippen LogP contribution < -0.4 is 5.32 Å². The molecule has 23 heavy (non-hydrogen) atoms. The molecule has 1 fully saturated rings. The summed E-state index contributed by atoms with van der Waals surface area (Å²) in [6.07, 6.45) is 1.75. The fourth-order valence-electron chi connectivity index (χ4n) is 2.31. The number of amides is 1. The number of nitrogens with zero attached hydrogens (tertiary/aromatic N) is 3. The summed E-state index contributed by atoms with van der Waals surface area (Å²) in [5.74, 6) is 0.403. The van der Waals surface area contributed by atoms with Gasteiger partial charge in [-0.15, -0.1) is 0 Å². The molecule has 1 saturated heterocycles. The van der Waals surface area contributed by atoms with Crippen molar-refractivity contribution >= 4 is 34.9 Å². The summed E-state index contributed by atoms with van der Waals surface area (Å²) in [5, 5.41) is 8.06. The Labute approximate surface area is 143 Å². The fourth-order valence-corrected chi connectivity index (χ4v) is 2.60. The first-order chi connectivity index (χ1) is 11.1. The Morgan fingerprint density at radius 2 is 2.00 bits per heavy atom. The van der Waals surface area contributed by atoms with E-state index in [9.17, 15) is 4.79 Å². The van der Waals surface area contributed by atoms with E-state index in [1.807, 2.05) is 0 Å². The topological polar surface area (TPSA) is 59.4 Å². The number of hydrogen-bond donors (Lipinski definition) is 1. The number of carbonyl (C=O) groups excluding carboxylic acids is 1. The number of aromatic nitrogens is 2. The summed E-state index contributed by atoms with van der Waals surface area (Å²) < 4.78 is 6.89. The van der Waals surface area contributed by atoms with Crippen LogP contribution in [0, 0.1) is 0 Å². The second kappa shape index (κ2) is 7.31. The summed E-state index contributed by atoms with van der Waals surface area (Å²) in [6, 6.07) is 6.97. The SMILES string of the molecule is O=C(CN1CCOCC1)Nc1ccn(-c2ccc(Cl)c(Cl)c2)n1. The molecule has 2 heterocycles. The molecule has 1 aliphatic heterocycles. The third-order valence-electron chi connectivity index (χ3n) is 3.50. The zero-order chi connectivity index (χ0) is 16.2. The lowest BCUT2D eigenvalue weighted by Crippen LogP contribution is -2.41. The van der Waals surface area contributed by atoms with E-state index in [1.54, 1.807) is 35.1 Å². The van der Waals surface area contributed by atoms with Gasteiger partial charge in [0.15, 0.2) is 5.82 Å². The maximum Gasteiger partial charge on any atom is 0.239 e. The van der Waals surface area contributed by atoms with Gasteiger partial charge in [0.2, 0.25) is 5.91 Å². The average molecular weight is 355 g/mol. The van der Waals surface area contributed by atoms with E-state index in [0.717, 1.165) is 18.8 Å². The van der Waals surface area contributed by atoms with Crippen molar-refractivity contribution < 1.29 is 9.53 Å². The number of nitrogens with one attached hydrogen (secondary N) is 1. The fraction of sp³-hybridized carbons (Fsp3) is 0.333. The molecule has 1 amide bonds. The lowest BCUT2D eigenvalue weighted by molar-refractivity contribution is -0.118. The van der Waals surface area contributed by atoms with E-state index in [2.05, 4.69) is 15.3 Å². The summed E-state index contributed by atoms with van der Waals surface area (Å²) in [4.78, 5) is 14.1. The van der Waals surface area contributed by atoms with Crippen molar-refractivity contribution in [2.75, 3.05) is 38.2 Å². The Morgan fingerprint density at radius 3 is 2.74 bits per heavy atom. The highest BCUT2D eigenvalue weighted by Crippen LogP contribution is 2.24. The minimum Gasteiger partial charge on any atom is -0.379 e. The number of halogens is 2. The summed E-state index contributed by atoms with van der Waals surface area (Å²) >= 11 is 11.9. The van der Waals surface area contributed by atoms with E-state index in [0.29, 0.717) is 35.6 Å². The third kappa shape index (κ3) is 4.23. The lowest BCUT2D eigenvalue weighted by atomic mass is 10.3. The van der Waals surface area contributed by atoms with Gasteiger partial charge < -0.3 is 10.1 Å². The van der Waals surface area contributed by atoms with E-state index in [-0.39, 0.29) is 5.91 Å². The Kier molecular flexibility index (Phi) is 5.17. The number of carbonyl (C=O) groups is 1. The molecular formula is C15H16Cl2N4O2. The Balaban J connectivity index is 1.62. The number of morpholine rings is 1. The molecule has 0 aliphatic carbocycles. The Morgan fingerprint density at radius 1 is 1.22 bits per heavy atom. The molecule has 0 bridgehead atoms. The molecule has 6 nitrogen and oxygen atoms in total. The minimum absolute atomic E-state index is 0.0914. The van der Waals surface area contributed by atoms with Crippen LogP contribution in [-0.2, 0) is 9.53 Å². The van der Waals surface area contributed by atoms with Gasteiger partial charge in [-0.1, -0.05) is 23.2 Å². The number of hydrogen-bond acceptors (Lipinski definition) is 4. The molecule has 2 aromatic rings. The van der Waals surface area contributed by atoms with Gasteiger partial charge in [-0.25, -0.2) is 4.68 Å². The molecule has 1 aromatic heterocycles. The summed E-state index contributed by atoms with van der Waals surface area (Å²) in [6.45, 7) is 3.21. The predicted octanol–water partition coefficient (Wildman–Crippen LogP) is 2.45. The molecule has 0 radical (unpaired) electrons. The van der Waals surface area contributed by atoms with Crippen LogP contribution in [0.25, 0.3) is 5.69 Å². The third-order valence-corrected chi connectivity index (χ3v) is 4.23. The largest absolute Gasteiger partial charge is 0.379 e. The molecule has 1 N–H and O–H groups in total. The van der Waals surface area contributed by atoms with Crippen LogP contribution in [0.4, 0.5) is 5.82 Å². The van der Waals surface area contributed by atoms with Crippen molar-refractivity contribution in [1.82, 2.24) is 14.7 Å². The Bertz CT molecular complexity index is 699. The van der Waals surface area contributed by atoms with Gasteiger partial charge in [0, 0.05) is 25.4 Å². The van der Waals surface area contributed by atoms with E-state index < -0.39 is 0 Å². The maximum absolute atomic E-state index is 12.0. The number of anilines is 1. The first-order valence-corrected chi connectivity index (χ1v) is 7.98. The van der Waals surface area contributed by atoms with Gasteiger partial charge >= 0.3 is 0 Å². The Hall–Kier alpha value is -1.60. The lowest BCUT2D eigenvalue weighted by Gasteiger charge is -2.25. The standard InChI is InChI=1S/C15H16Cl2N4O2/c16-12-2-1-11(9-13(12)17)21-4-3-14(19-21)18-15(22)10-20-5-7-23-8-6-20/h1-4,9H,5-8,10H2,(H,18,19,22). The van der Waals surface area contributed by atoms with E-state index >= 15 is 0 Å². The van der Waals surface area contributed by atoms with Gasteiger partial charge in [-0.2, -0.15) is 5.10 Å². The van der Waals surface area contributed by atoms with Crippen LogP contribution in [0.15, 0.2) is 30.5 Å². The zero-order valence-electron chi connectivity index (χ0n) is 12.3. The van der Waals surface area contributed by atoms with Gasteiger partial charge in [-0.05, 0) is 18.2 Å². The van der Waals surface area contributed by atoms with Crippen LogP contribution in [0.3, 0.4) is 0 Å². The highest BCUT2D eigenvalue weighted by atomic mass is 35.5. The number of benzene rings is 1. The molecule has 1 aromatic carbocycles. The van der Waals surface area contributed by atoms with Gasteiger partial charge in [-0.3, -0.25) is 9.69 Å². The molecule has 1 aliphatic rings. The van der Waals surface area contributed by atoms with Crippen LogP contribution >= 0.6 is 23.2 Å². The molecule has 0 unspecified atom stereocenters. The van der Waals surface area contributed by atoms with Gasteiger partial charge in [0.25, 0.3) is 0 Å². The maximum atomic E-state index is 12.0. The second-order valence-electron chi connectivity index (χ2n) is 5.18. The van der Waals surface area contributed by atoms with Crippen molar-refractivity contribution in [1.29, 1.82) is 0 Å². The molecule has 3 rings (SSSR count). The van der Waals surface area contributed by atoms with Crippen LogP contribution in [-0.4, -0.2) is 53.4 Å². The van der Waals surface area contributed by atoms with Crippen molar-refractivity contribution in [3.8, 4) is 5.69 Å². The molecule has 8 heteroatoms. The highest BCUT2D eigenvalue weighted by Gasteiger charge is 2.15. The summed E-state index contributed by atoms with van der Waals surface area (Å²) in [7, 11) is 0. The molecular weight excluding hydrogens is 339 g/mol. The average Bonchev–Trinajstić information content (AvgIpc) is 2.99. The normalized spacial score (nSPS) is 15.6.